The van der Waals surface area contributed by atoms with Crippen LogP contribution in [0.1, 0.15) is 61.1 Å². The fourth-order valence-corrected chi connectivity index (χ4v) is 3.41. The van der Waals surface area contributed by atoms with Crippen LogP contribution in [0.15, 0.2) is 5.38 Å². The highest BCUT2D eigenvalue weighted by Crippen LogP contribution is 2.36. The number of nitrogens with zero attached hydrogens (tertiary/aromatic N) is 1. The Bertz CT molecular complexity index is 543. The van der Waals surface area contributed by atoms with E-state index in [0.29, 0.717) is 23.5 Å². The molecule has 1 fully saturated rings. The van der Waals surface area contributed by atoms with Crippen LogP contribution in [0.25, 0.3) is 0 Å². The molecule has 0 aliphatic heterocycles. The predicted octanol–water partition coefficient (Wildman–Crippen LogP) is 1.93. The molecular formula is C14H21N3O3S. The molecule has 7 heteroatoms. The SMILES string of the molecule is CC(N)c1nc(C(=O)NC2CCCCC2(C)C(=O)O)cs1. The number of carboxylic acids is 1. The first-order valence-electron chi connectivity index (χ1n) is 7.10. The topological polar surface area (TPSA) is 105 Å². The van der Waals surface area contributed by atoms with Crippen molar-refractivity contribution in [1.29, 1.82) is 0 Å². The molecule has 1 aliphatic carbocycles. The number of nitrogens with one attached hydrogen (secondary N) is 1. The minimum atomic E-state index is -0.909. The Morgan fingerprint density at radius 1 is 1.57 bits per heavy atom. The van der Waals surface area contributed by atoms with Crippen LogP contribution < -0.4 is 11.1 Å². The highest BCUT2D eigenvalue weighted by Gasteiger charge is 2.44. The van der Waals surface area contributed by atoms with Crippen molar-refractivity contribution < 1.29 is 14.7 Å². The van der Waals surface area contributed by atoms with Crippen molar-refractivity contribution >= 4 is 23.2 Å². The zero-order chi connectivity index (χ0) is 15.6. The van der Waals surface area contributed by atoms with Gasteiger partial charge in [0, 0.05) is 11.4 Å². The molecule has 0 radical (unpaired) electrons. The second-order valence-electron chi connectivity index (χ2n) is 5.85. The monoisotopic (exact) mass is 311 g/mol. The summed E-state index contributed by atoms with van der Waals surface area (Å²) >= 11 is 1.34. The van der Waals surface area contributed by atoms with E-state index in [1.807, 2.05) is 6.92 Å². The van der Waals surface area contributed by atoms with Crippen LogP contribution in [-0.4, -0.2) is 28.0 Å². The number of carbonyl (C=O) groups excluding carboxylic acids is 1. The number of carboxylic acid groups (broad SMARTS) is 1. The minimum absolute atomic E-state index is 0.212. The number of hydrogen-bond donors (Lipinski definition) is 3. The van der Waals surface area contributed by atoms with Gasteiger partial charge in [0.05, 0.1) is 11.5 Å². The molecule has 1 saturated carbocycles. The Morgan fingerprint density at radius 3 is 2.86 bits per heavy atom. The molecule has 116 valence electrons. The molecule has 1 amide bonds. The number of aromatic nitrogens is 1. The first kappa shape index (κ1) is 15.9. The lowest BCUT2D eigenvalue weighted by molar-refractivity contribution is -0.151. The van der Waals surface area contributed by atoms with Crippen molar-refractivity contribution in [3.63, 3.8) is 0 Å². The maximum Gasteiger partial charge on any atom is 0.311 e. The van der Waals surface area contributed by atoms with Crippen LogP contribution in [0.2, 0.25) is 0 Å². The highest BCUT2D eigenvalue weighted by atomic mass is 32.1. The molecule has 3 unspecified atom stereocenters. The van der Waals surface area contributed by atoms with Crippen LogP contribution in [0, 0.1) is 5.41 Å². The third-order valence-corrected chi connectivity index (χ3v) is 5.19. The second-order valence-corrected chi connectivity index (χ2v) is 6.74. The van der Waals surface area contributed by atoms with Crippen LogP contribution in [0.3, 0.4) is 0 Å². The Kier molecular flexibility index (Phi) is 4.63. The molecule has 6 nitrogen and oxygen atoms in total. The van der Waals surface area contributed by atoms with Gasteiger partial charge in [0.25, 0.3) is 5.91 Å². The van der Waals surface area contributed by atoms with E-state index in [0.717, 1.165) is 12.8 Å². The van der Waals surface area contributed by atoms with Crippen molar-refractivity contribution in [3.05, 3.63) is 16.1 Å². The van der Waals surface area contributed by atoms with Crippen LogP contribution in [-0.2, 0) is 4.79 Å². The van der Waals surface area contributed by atoms with E-state index in [9.17, 15) is 14.7 Å². The third-order valence-electron chi connectivity index (χ3n) is 4.15. The fraction of sp³-hybridized carbons (Fsp3) is 0.643. The first-order chi connectivity index (χ1) is 9.84. The maximum atomic E-state index is 12.3. The number of thiazole rings is 1. The van der Waals surface area contributed by atoms with Gasteiger partial charge >= 0.3 is 5.97 Å². The van der Waals surface area contributed by atoms with E-state index >= 15 is 0 Å². The predicted molar refractivity (Wildman–Crippen MR) is 80.2 cm³/mol. The highest BCUT2D eigenvalue weighted by molar-refractivity contribution is 7.09. The Labute approximate surface area is 127 Å². The van der Waals surface area contributed by atoms with Crippen LogP contribution >= 0.6 is 11.3 Å². The number of rotatable bonds is 4. The van der Waals surface area contributed by atoms with Gasteiger partial charge in [0.1, 0.15) is 10.7 Å². The third kappa shape index (κ3) is 3.24. The van der Waals surface area contributed by atoms with Crippen molar-refractivity contribution in [2.75, 3.05) is 0 Å². The quantitative estimate of drug-likeness (QED) is 0.788. The van der Waals surface area contributed by atoms with Crippen molar-refractivity contribution in [1.82, 2.24) is 10.3 Å². The van der Waals surface area contributed by atoms with Gasteiger partial charge in [-0.05, 0) is 26.7 Å². The molecule has 4 N–H and O–H groups in total. The molecule has 1 heterocycles. The average molecular weight is 311 g/mol. The summed E-state index contributed by atoms with van der Waals surface area (Å²) in [6, 6.07) is -0.577. The summed E-state index contributed by atoms with van der Waals surface area (Å²) in [4.78, 5) is 28.0. The van der Waals surface area contributed by atoms with E-state index < -0.39 is 11.4 Å². The van der Waals surface area contributed by atoms with Gasteiger partial charge in [-0.25, -0.2) is 4.98 Å². The van der Waals surface area contributed by atoms with Gasteiger partial charge in [-0.15, -0.1) is 11.3 Å². The summed E-state index contributed by atoms with van der Waals surface area (Å²) in [5.74, 6) is -1.18. The standard InChI is InChI=1S/C14H21N3O3S/c1-8(15)12-16-9(7-21-12)11(18)17-10-5-3-4-6-14(10,2)13(19)20/h7-8,10H,3-6,15H2,1-2H3,(H,17,18)(H,19,20). The zero-order valence-electron chi connectivity index (χ0n) is 12.3. The molecule has 1 aromatic heterocycles. The Balaban J connectivity index is 2.11. The summed E-state index contributed by atoms with van der Waals surface area (Å²) in [6.45, 7) is 3.51. The number of carbonyl (C=O) groups is 2. The molecule has 0 aromatic carbocycles. The molecule has 1 aliphatic rings. The Hall–Kier alpha value is -1.47. The zero-order valence-corrected chi connectivity index (χ0v) is 13.1. The second kappa shape index (κ2) is 6.11. The lowest BCUT2D eigenvalue weighted by Gasteiger charge is -2.38. The smallest absolute Gasteiger partial charge is 0.311 e. The van der Waals surface area contributed by atoms with Crippen LogP contribution in [0.4, 0.5) is 0 Å². The molecule has 0 saturated heterocycles. The summed E-state index contributed by atoms with van der Waals surface area (Å²) in [5.41, 5.74) is 5.13. The lowest BCUT2D eigenvalue weighted by atomic mass is 9.71. The Morgan fingerprint density at radius 2 is 2.29 bits per heavy atom. The van der Waals surface area contributed by atoms with Crippen molar-refractivity contribution in [2.45, 2.75) is 51.6 Å². The van der Waals surface area contributed by atoms with E-state index in [2.05, 4.69) is 10.3 Å². The number of aliphatic carboxylic acids is 1. The molecule has 3 atom stereocenters. The fourth-order valence-electron chi connectivity index (χ4n) is 2.65. The van der Waals surface area contributed by atoms with Gasteiger partial charge in [-0.3, -0.25) is 9.59 Å². The van der Waals surface area contributed by atoms with Gasteiger partial charge in [0.2, 0.25) is 0 Å². The maximum absolute atomic E-state index is 12.3. The normalized spacial score (nSPS) is 27.1. The number of hydrogen-bond acceptors (Lipinski definition) is 5. The largest absolute Gasteiger partial charge is 0.481 e. The van der Waals surface area contributed by atoms with E-state index in [1.54, 1.807) is 12.3 Å². The summed E-state index contributed by atoms with van der Waals surface area (Å²) in [6.07, 6.45) is 3.06. The van der Waals surface area contributed by atoms with Gasteiger partial charge < -0.3 is 16.2 Å². The van der Waals surface area contributed by atoms with Gasteiger partial charge in [0.15, 0.2) is 0 Å². The van der Waals surface area contributed by atoms with E-state index in [-0.39, 0.29) is 18.0 Å². The van der Waals surface area contributed by atoms with E-state index in [1.165, 1.54) is 11.3 Å². The van der Waals surface area contributed by atoms with Gasteiger partial charge in [-0.1, -0.05) is 12.8 Å². The van der Waals surface area contributed by atoms with Crippen LogP contribution in [0.5, 0.6) is 0 Å². The molecule has 2 rings (SSSR count). The molecule has 1 aromatic rings. The summed E-state index contributed by atoms with van der Waals surface area (Å²) in [7, 11) is 0. The first-order valence-corrected chi connectivity index (χ1v) is 7.98. The molecular weight excluding hydrogens is 290 g/mol. The summed E-state index contributed by atoms with van der Waals surface area (Å²) < 4.78 is 0. The van der Waals surface area contributed by atoms with Crippen molar-refractivity contribution in [2.24, 2.45) is 11.1 Å². The minimum Gasteiger partial charge on any atom is -0.481 e. The number of nitrogens with two attached hydrogens (primary N) is 1. The van der Waals surface area contributed by atoms with Crippen molar-refractivity contribution in [3.8, 4) is 0 Å². The lowest BCUT2D eigenvalue weighted by Crippen LogP contribution is -2.52. The summed E-state index contributed by atoms with van der Waals surface area (Å²) in [5, 5.41) is 14.7. The van der Waals surface area contributed by atoms with Gasteiger partial charge in [-0.2, -0.15) is 0 Å². The average Bonchev–Trinajstić information content (AvgIpc) is 2.91. The molecule has 0 bridgehead atoms. The van der Waals surface area contributed by atoms with E-state index in [4.69, 9.17) is 5.73 Å². The number of amides is 1. The molecule has 0 spiro atoms. The molecule has 21 heavy (non-hydrogen) atoms.